The van der Waals surface area contributed by atoms with Crippen LogP contribution in [-0.4, -0.2) is 31.0 Å². The zero-order valence-corrected chi connectivity index (χ0v) is 16.5. The van der Waals surface area contributed by atoms with Gasteiger partial charge in [-0.1, -0.05) is 41.4 Å². The second-order valence-electron chi connectivity index (χ2n) is 6.77. The molecule has 1 saturated heterocycles. The number of halogens is 1. The summed E-state index contributed by atoms with van der Waals surface area (Å²) < 4.78 is 26.7. The molecule has 142 valence electrons. The first-order valence-corrected chi connectivity index (χ1v) is 10.5. The Morgan fingerprint density at radius 1 is 1.11 bits per heavy atom. The summed E-state index contributed by atoms with van der Waals surface area (Å²) in [6, 6.07) is 13.3. The van der Waals surface area contributed by atoms with Crippen LogP contribution in [0.3, 0.4) is 0 Å². The van der Waals surface area contributed by atoms with Crippen molar-refractivity contribution < 1.29 is 18.0 Å². The van der Waals surface area contributed by atoms with E-state index in [9.17, 15) is 18.0 Å². The zero-order valence-electron chi connectivity index (χ0n) is 14.9. The second-order valence-corrected chi connectivity index (χ2v) is 9.07. The number of carbonyl (C=O) groups excluding carboxylic acids is 2. The number of ketones is 1. The fourth-order valence-electron chi connectivity index (χ4n) is 3.23. The molecule has 5 nitrogen and oxygen atoms in total. The van der Waals surface area contributed by atoms with E-state index in [1.807, 2.05) is 31.2 Å². The lowest BCUT2D eigenvalue weighted by atomic mass is 9.93. The van der Waals surface area contributed by atoms with Crippen LogP contribution in [0.25, 0.3) is 0 Å². The highest BCUT2D eigenvalue weighted by Gasteiger charge is 2.37. The summed E-state index contributed by atoms with van der Waals surface area (Å²) in [6.45, 7) is 1.54. The maximum Gasteiger partial charge on any atom is 0.266 e. The van der Waals surface area contributed by atoms with Crippen LogP contribution in [0.5, 0.6) is 0 Å². The van der Waals surface area contributed by atoms with Crippen LogP contribution in [0, 0.1) is 12.8 Å². The van der Waals surface area contributed by atoms with E-state index < -0.39 is 28.4 Å². The number of amides is 1. The first-order chi connectivity index (χ1) is 12.8. The van der Waals surface area contributed by atoms with Crippen LogP contribution in [0.15, 0.2) is 53.4 Å². The number of benzene rings is 2. The third kappa shape index (κ3) is 4.39. The Morgan fingerprint density at radius 2 is 1.81 bits per heavy atom. The number of hydrogen-bond acceptors (Lipinski definition) is 4. The zero-order chi connectivity index (χ0) is 19.6. The maximum absolute atomic E-state index is 13.0. The molecule has 1 aliphatic heterocycles. The molecule has 0 spiro atoms. The molecule has 0 aliphatic carbocycles. The number of sulfonamides is 1. The minimum Gasteiger partial charge on any atom is -0.298 e. The van der Waals surface area contributed by atoms with Crippen LogP contribution >= 0.6 is 11.6 Å². The molecule has 0 radical (unpaired) electrons. The van der Waals surface area contributed by atoms with E-state index in [0.717, 1.165) is 15.4 Å². The summed E-state index contributed by atoms with van der Waals surface area (Å²) >= 11 is 5.82. The Labute approximate surface area is 164 Å². The second kappa shape index (κ2) is 7.82. The van der Waals surface area contributed by atoms with E-state index in [-0.39, 0.29) is 17.1 Å². The molecule has 2 aromatic carbocycles. The number of rotatable bonds is 4. The van der Waals surface area contributed by atoms with Gasteiger partial charge in [-0.3, -0.25) is 9.59 Å². The lowest BCUT2D eigenvalue weighted by molar-refractivity contribution is -0.131. The van der Waals surface area contributed by atoms with Gasteiger partial charge in [0.15, 0.2) is 5.78 Å². The van der Waals surface area contributed by atoms with Gasteiger partial charge in [-0.2, -0.15) is 0 Å². The smallest absolute Gasteiger partial charge is 0.266 e. The van der Waals surface area contributed by atoms with Crippen LogP contribution in [0.1, 0.15) is 24.0 Å². The summed E-state index contributed by atoms with van der Waals surface area (Å²) in [5, 5.41) is 0.393. The van der Waals surface area contributed by atoms with E-state index in [0.29, 0.717) is 17.9 Å². The van der Waals surface area contributed by atoms with Crippen molar-refractivity contribution in [3.8, 4) is 0 Å². The summed E-state index contributed by atoms with van der Waals surface area (Å²) in [4.78, 5) is 25.1. The lowest BCUT2D eigenvalue weighted by Gasteiger charge is -2.23. The summed E-state index contributed by atoms with van der Waals surface area (Å²) in [5.41, 5.74) is 2.02. The maximum atomic E-state index is 13.0. The number of nitrogens with zero attached hydrogens (tertiary/aromatic N) is 1. The van der Waals surface area contributed by atoms with Crippen molar-refractivity contribution in [2.75, 3.05) is 6.54 Å². The van der Waals surface area contributed by atoms with Gasteiger partial charge in [0, 0.05) is 17.4 Å². The molecule has 0 aromatic heterocycles. The molecule has 1 fully saturated rings. The van der Waals surface area contributed by atoms with E-state index in [4.69, 9.17) is 11.6 Å². The molecule has 0 N–H and O–H groups in total. The third-order valence-corrected chi connectivity index (χ3v) is 6.66. The minimum absolute atomic E-state index is 0.0516. The van der Waals surface area contributed by atoms with Crippen LogP contribution in [0.2, 0.25) is 5.02 Å². The Kier molecular flexibility index (Phi) is 5.67. The average molecular weight is 406 g/mol. The molecule has 27 heavy (non-hydrogen) atoms. The average Bonchev–Trinajstić information content (AvgIpc) is 2.76. The quantitative estimate of drug-likeness (QED) is 0.781. The molecular formula is C20H20ClNO4S. The first kappa shape index (κ1) is 19.6. The SMILES string of the molecule is Cc1cccc(CC2CCC(=O)CN(S(=O)(=O)c3ccc(Cl)cc3)C2=O)c1. The molecule has 1 atom stereocenters. The Balaban J connectivity index is 1.92. The van der Waals surface area contributed by atoms with Crippen LogP contribution < -0.4 is 0 Å². The standard InChI is InChI=1S/C20H20ClNO4S/c1-14-3-2-4-15(11-14)12-16-5-8-18(23)13-22(20(16)24)27(25,26)19-9-6-17(21)7-10-19/h2-4,6-7,9-11,16H,5,8,12-13H2,1H3. The Morgan fingerprint density at radius 3 is 2.48 bits per heavy atom. The molecule has 0 saturated carbocycles. The van der Waals surface area contributed by atoms with E-state index >= 15 is 0 Å². The van der Waals surface area contributed by atoms with E-state index in [1.54, 1.807) is 0 Å². The number of aryl methyl sites for hydroxylation is 1. The normalized spacial score (nSPS) is 18.4. The predicted octanol–water partition coefficient (Wildman–Crippen LogP) is 3.39. The molecule has 7 heteroatoms. The van der Waals surface area contributed by atoms with Gasteiger partial charge in [-0.25, -0.2) is 12.7 Å². The van der Waals surface area contributed by atoms with Crippen molar-refractivity contribution in [1.82, 2.24) is 4.31 Å². The van der Waals surface area contributed by atoms with Crippen molar-refractivity contribution in [2.24, 2.45) is 5.92 Å². The topological polar surface area (TPSA) is 71.5 Å². The number of hydrogen-bond donors (Lipinski definition) is 0. The molecule has 2 aromatic rings. The molecule has 0 bridgehead atoms. The van der Waals surface area contributed by atoms with Gasteiger partial charge in [0.1, 0.15) is 0 Å². The largest absolute Gasteiger partial charge is 0.298 e. The Hall–Kier alpha value is -2.18. The van der Waals surface area contributed by atoms with E-state index in [1.165, 1.54) is 24.3 Å². The fraction of sp³-hybridized carbons (Fsp3) is 0.300. The minimum atomic E-state index is -4.11. The highest BCUT2D eigenvalue weighted by Crippen LogP contribution is 2.26. The van der Waals surface area contributed by atoms with Crippen molar-refractivity contribution >= 4 is 33.3 Å². The van der Waals surface area contributed by atoms with Crippen molar-refractivity contribution in [2.45, 2.75) is 31.1 Å². The van der Waals surface area contributed by atoms with Crippen molar-refractivity contribution in [3.63, 3.8) is 0 Å². The van der Waals surface area contributed by atoms with Gasteiger partial charge in [0.05, 0.1) is 11.4 Å². The molecular weight excluding hydrogens is 386 g/mol. The highest BCUT2D eigenvalue weighted by molar-refractivity contribution is 7.89. The molecule has 1 unspecified atom stereocenters. The molecule has 1 heterocycles. The van der Waals surface area contributed by atoms with Gasteiger partial charge in [0.25, 0.3) is 10.0 Å². The van der Waals surface area contributed by atoms with Gasteiger partial charge in [0.2, 0.25) is 5.91 Å². The summed E-state index contributed by atoms with van der Waals surface area (Å²) in [6.07, 6.45) is 0.938. The third-order valence-electron chi connectivity index (χ3n) is 4.65. The Bertz CT molecular complexity index is 970. The van der Waals surface area contributed by atoms with Gasteiger partial charge in [-0.05, 0) is 49.6 Å². The van der Waals surface area contributed by atoms with Crippen LogP contribution in [0.4, 0.5) is 0 Å². The van der Waals surface area contributed by atoms with E-state index in [2.05, 4.69) is 0 Å². The molecule has 1 aliphatic rings. The number of Topliss-reactive ketones (excluding diaryl/α,β-unsaturated/α-hetero) is 1. The van der Waals surface area contributed by atoms with Gasteiger partial charge < -0.3 is 0 Å². The summed E-state index contributed by atoms with van der Waals surface area (Å²) in [5.74, 6) is -1.34. The van der Waals surface area contributed by atoms with Crippen LogP contribution in [-0.2, 0) is 26.0 Å². The first-order valence-electron chi connectivity index (χ1n) is 8.67. The number of carbonyl (C=O) groups is 2. The lowest BCUT2D eigenvalue weighted by Crippen LogP contribution is -2.42. The molecule has 3 rings (SSSR count). The van der Waals surface area contributed by atoms with Crippen molar-refractivity contribution in [3.05, 3.63) is 64.7 Å². The highest BCUT2D eigenvalue weighted by atomic mass is 35.5. The van der Waals surface area contributed by atoms with Gasteiger partial charge in [-0.15, -0.1) is 0 Å². The predicted molar refractivity (Wildman–Crippen MR) is 103 cm³/mol. The van der Waals surface area contributed by atoms with Gasteiger partial charge >= 0.3 is 0 Å². The van der Waals surface area contributed by atoms with Crippen molar-refractivity contribution in [1.29, 1.82) is 0 Å². The summed E-state index contributed by atoms with van der Waals surface area (Å²) in [7, 11) is -4.11. The fourth-order valence-corrected chi connectivity index (χ4v) is 4.79. The monoisotopic (exact) mass is 405 g/mol. The molecule has 1 amide bonds.